The van der Waals surface area contributed by atoms with Crippen molar-refractivity contribution in [3.8, 4) is 5.75 Å². The predicted octanol–water partition coefficient (Wildman–Crippen LogP) is 4.73. The highest BCUT2D eigenvalue weighted by atomic mass is 79.9. The molecule has 0 spiro atoms. The maximum Gasteiger partial charge on any atom is 0.266 e. The van der Waals surface area contributed by atoms with E-state index < -0.39 is 0 Å². The summed E-state index contributed by atoms with van der Waals surface area (Å²) in [5.74, 6) is 0.720. The Hall–Kier alpha value is -1.63. The summed E-state index contributed by atoms with van der Waals surface area (Å²) >= 11 is 10.1. The van der Waals surface area contributed by atoms with Crippen molar-refractivity contribution in [2.75, 3.05) is 13.2 Å². The summed E-state index contributed by atoms with van der Waals surface area (Å²) in [7, 11) is 0. The van der Waals surface area contributed by atoms with Crippen LogP contribution in [-0.4, -0.2) is 28.3 Å². The molecule has 0 N–H and O–H groups in total. The van der Waals surface area contributed by atoms with E-state index in [9.17, 15) is 4.79 Å². The maximum atomic E-state index is 12.5. The fourth-order valence-corrected chi connectivity index (χ4v) is 3.75. The van der Waals surface area contributed by atoms with Crippen molar-refractivity contribution in [1.29, 1.82) is 0 Å². The van der Waals surface area contributed by atoms with Crippen molar-refractivity contribution in [2.45, 2.75) is 0 Å². The number of hydrogen-bond donors (Lipinski definition) is 0. The molecule has 0 radical (unpaired) electrons. The highest BCUT2D eigenvalue weighted by Gasteiger charge is 2.31. The summed E-state index contributed by atoms with van der Waals surface area (Å²) in [5, 5.41) is 0. The van der Waals surface area contributed by atoms with Gasteiger partial charge in [-0.25, -0.2) is 0 Å². The zero-order chi connectivity index (χ0) is 16.9. The van der Waals surface area contributed by atoms with Gasteiger partial charge in [0.25, 0.3) is 5.91 Å². The van der Waals surface area contributed by atoms with Gasteiger partial charge in [0.1, 0.15) is 16.7 Å². The number of amides is 1. The number of para-hydroxylation sites is 1. The van der Waals surface area contributed by atoms with E-state index in [2.05, 4.69) is 15.9 Å². The van der Waals surface area contributed by atoms with Gasteiger partial charge in [-0.3, -0.25) is 9.69 Å². The topological polar surface area (TPSA) is 29.5 Å². The molecule has 3 rings (SSSR count). The molecule has 0 aromatic heterocycles. The lowest BCUT2D eigenvalue weighted by atomic mass is 10.2. The molecule has 0 bridgehead atoms. The fraction of sp³-hybridized carbons (Fsp3) is 0.111. The summed E-state index contributed by atoms with van der Waals surface area (Å²) in [6, 6.07) is 17.3. The molecule has 1 aliphatic rings. The molecule has 1 amide bonds. The molecule has 122 valence electrons. The van der Waals surface area contributed by atoms with Gasteiger partial charge in [0.2, 0.25) is 0 Å². The van der Waals surface area contributed by atoms with Crippen molar-refractivity contribution < 1.29 is 9.53 Å². The lowest BCUT2D eigenvalue weighted by Crippen LogP contribution is -2.32. The molecular formula is C18H14BrNO2S2. The molecule has 24 heavy (non-hydrogen) atoms. The Bertz CT molecular complexity index is 775. The molecule has 0 saturated carbocycles. The van der Waals surface area contributed by atoms with Crippen LogP contribution in [0.5, 0.6) is 5.75 Å². The smallest absolute Gasteiger partial charge is 0.266 e. The van der Waals surface area contributed by atoms with Crippen LogP contribution in [-0.2, 0) is 4.79 Å². The van der Waals surface area contributed by atoms with E-state index in [0.717, 1.165) is 15.8 Å². The number of halogens is 1. The van der Waals surface area contributed by atoms with Crippen LogP contribution in [0.1, 0.15) is 5.56 Å². The Morgan fingerprint density at radius 1 is 1.12 bits per heavy atom. The van der Waals surface area contributed by atoms with Gasteiger partial charge in [-0.1, -0.05) is 70.2 Å². The summed E-state index contributed by atoms with van der Waals surface area (Å²) in [6.45, 7) is 0.846. The second-order valence-corrected chi connectivity index (χ2v) is 7.64. The molecule has 2 aromatic rings. The largest absolute Gasteiger partial charge is 0.492 e. The molecule has 1 fully saturated rings. The van der Waals surface area contributed by atoms with Gasteiger partial charge in [0, 0.05) is 4.47 Å². The Morgan fingerprint density at radius 3 is 2.54 bits per heavy atom. The van der Waals surface area contributed by atoms with Crippen LogP contribution in [0, 0.1) is 0 Å². The molecule has 3 nitrogen and oxygen atoms in total. The van der Waals surface area contributed by atoms with Crippen molar-refractivity contribution in [2.24, 2.45) is 0 Å². The van der Waals surface area contributed by atoms with Crippen molar-refractivity contribution >= 4 is 56.2 Å². The molecule has 2 aromatic carbocycles. The van der Waals surface area contributed by atoms with Crippen molar-refractivity contribution in [3.63, 3.8) is 0 Å². The highest BCUT2D eigenvalue weighted by Crippen LogP contribution is 2.32. The van der Waals surface area contributed by atoms with Crippen LogP contribution >= 0.6 is 39.9 Å². The molecule has 1 aliphatic heterocycles. The van der Waals surface area contributed by atoms with Crippen LogP contribution in [0.3, 0.4) is 0 Å². The van der Waals surface area contributed by atoms with Gasteiger partial charge >= 0.3 is 0 Å². The third kappa shape index (κ3) is 4.26. The van der Waals surface area contributed by atoms with Crippen LogP contribution in [0.2, 0.25) is 0 Å². The van der Waals surface area contributed by atoms with Gasteiger partial charge in [-0.15, -0.1) is 0 Å². The summed E-state index contributed by atoms with van der Waals surface area (Å²) in [5.41, 5.74) is 0.972. The summed E-state index contributed by atoms with van der Waals surface area (Å²) in [4.78, 5) is 14.7. The SMILES string of the molecule is O=C1/C(=C/c2ccc(Br)cc2)SC(=S)N1CCOc1ccccc1. The minimum Gasteiger partial charge on any atom is -0.492 e. The molecule has 6 heteroatoms. The Kier molecular flexibility index (Phi) is 5.71. The first-order valence-corrected chi connectivity index (χ1v) is 9.34. The predicted molar refractivity (Wildman–Crippen MR) is 106 cm³/mol. The van der Waals surface area contributed by atoms with Crippen LogP contribution in [0.25, 0.3) is 6.08 Å². The molecular weight excluding hydrogens is 406 g/mol. The van der Waals surface area contributed by atoms with E-state index in [1.807, 2.05) is 60.7 Å². The monoisotopic (exact) mass is 419 g/mol. The van der Waals surface area contributed by atoms with E-state index in [4.69, 9.17) is 17.0 Å². The standard InChI is InChI=1S/C18H14BrNO2S2/c19-14-8-6-13(7-9-14)12-16-17(21)20(18(23)24-16)10-11-22-15-4-2-1-3-5-15/h1-9,12H,10-11H2/b16-12-. The average molecular weight is 420 g/mol. The first kappa shape index (κ1) is 17.2. The zero-order valence-corrected chi connectivity index (χ0v) is 15.9. The highest BCUT2D eigenvalue weighted by molar-refractivity contribution is 9.10. The van der Waals surface area contributed by atoms with Crippen molar-refractivity contribution in [1.82, 2.24) is 4.90 Å². The first-order valence-electron chi connectivity index (χ1n) is 7.32. The normalized spacial score (nSPS) is 16.0. The second kappa shape index (κ2) is 7.96. The van der Waals surface area contributed by atoms with Gasteiger partial charge in [0.15, 0.2) is 0 Å². The molecule has 1 saturated heterocycles. The third-order valence-corrected chi connectivity index (χ3v) is 5.27. The summed E-state index contributed by atoms with van der Waals surface area (Å²) < 4.78 is 7.22. The number of ether oxygens (including phenoxy) is 1. The van der Waals surface area contributed by atoms with Crippen LogP contribution < -0.4 is 4.74 Å². The van der Waals surface area contributed by atoms with E-state index in [1.165, 1.54) is 11.8 Å². The molecule has 1 heterocycles. The Balaban J connectivity index is 1.62. The minimum absolute atomic E-state index is 0.0652. The van der Waals surface area contributed by atoms with E-state index >= 15 is 0 Å². The minimum atomic E-state index is -0.0652. The first-order chi connectivity index (χ1) is 11.6. The number of hydrogen-bond acceptors (Lipinski definition) is 4. The van der Waals surface area contributed by atoms with Gasteiger partial charge < -0.3 is 4.74 Å². The lowest BCUT2D eigenvalue weighted by molar-refractivity contribution is -0.122. The van der Waals surface area contributed by atoms with Crippen LogP contribution in [0.15, 0.2) is 64.0 Å². The van der Waals surface area contributed by atoms with Gasteiger partial charge in [-0.2, -0.15) is 0 Å². The zero-order valence-electron chi connectivity index (χ0n) is 12.6. The molecule has 0 unspecified atom stereocenters. The quantitative estimate of drug-likeness (QED) is 0.517. The Labute approximate surface area is 158 Å². The number of nitrogens with zero attached hydrogens (tertiary/aromatic N) is 1. The van der Waals surface area contributed by atoms with Crippen molar-refractivity contribution in [3.05, 3.63) is 69.5 Å². The van der Waals surface area contributed by atoms with E-state index in [0.29, 0.717) is 22.4 Å². The Morgan fingerprint density at radius 2 is 1.83 bits per heavy atom. The number of rotatable bonds is 5. The average Bonchev–Trinajstić information content (AvgIpc) is 2.85. The van der Waals surface area contributed by atoms with Gasteiger partial charge in [0.05, 0.1) is 11.4 Å². The maximum absolute atomic E-state index is 12.5. The van der Waals surface area contributed by atoms with Gasteiger partial charge in [-0.05, 0) is 35.9 Å². The number of thiocarbonyl (C=S) groups is 1. The van der Waals surface area contributed by atoms with E-state index in [1.54, 1.807) is 4.90 Å². The summed E-state index contributed by atoms with van der Waals surface area (Å²) in [6.07, 6.45) is 1.86. The number of thioether (sulfide) groups is 1. The lowest BCUT2D eigenvalue weighted by Gasteiger charge is -2.14. The molecule has 0 atom stereocenters. The fourth-order valence-electron chi connectivity index (χ4n) is 2.17. The third-order valence-electron chi connectivity index (χ3n) is 3.37. The number of carbonyl (C=O) groups excluding carboxylic acids is 1. The number of carbonyl (C=O) groups is 1. The van der Waals surface area contributed by atoms with E-state index in [-0.39, 0.29) is 5.91 Å². The van der Waals surface area contributed by atoms with Crippen LogP contribution in [0.4, 0.5) is 0 Å². The number of benzene rings is 2. The second-order valence-electron chi connectivity index (χ2n) is 5.05. The molecule has 0 aliphatic carbocycles.